The van der Waals surface area contributed by atoms with Gasteiger partial charge in [-0.2, -0.15) is 4.98 Å². The van der Waals surface area contributed by atoms with Crippen LogP contribution in [0.2, 0.25) is 0 Å². The quantitative estimate of drug-likeness (QED) is 0.880. The summed E-state index contributed by atoms with van der Waals surface area (Å²) in [6.45, 7) is 9.38. The summed E-state index contributed by atoms with van der Waals surface area (Å²) in [6.07, 6.45) is 3.06. The molecule has 1 aromatic rings. The molecule has 0 amide bonds. The van der Waals surface area contributed by atoms with Gasteiger partial charge < -0.3 is 10.3 Å². The molecule has 0 radical (unpaired) electrons. The molecule has 1 aromatic heterocycles. The van der Waals surface area contributed by atoms with Crippen molar-refractivity contribution in [1.82, 2.24) is 15.0 Å². The summed E-state index contributed by atoms with van der Waals surface area (Å²) in [5, 5.41) is 4.07. The lowest BCUT2D eigenvalue weighted by Crippen LogP contribution is -2.46. The fourth-order valence-electron chi connectivity index (χ4n) is 2.69. The van der Waals surface area contributed by atoms with Crippen molar-refractivity contribution in [3.63, 3.8) is 0 Å². The molecule has 1 fully saturated rings. The fraction of sp³-hybridized carbons (Fsp3) is 0.857. The molecule has 2 unspecified atom stereocenters. The van der Waals surface area contributed by atoms with Crippen molar-refractivity contribution in [1.29, 1.82) is 0 Å². The summed E-state index contributed by atoms with van der Waals surface area (Å²) in [5.74, 6) is 2.70. The van der Waals surface area contributed by atoms with E-state index < -0.39 is 0 Å². The van der Waals surface area contributed by atoms with E-state index in [1.807, 2.05) is 0 Å². The number of nitrogens with two attached hydrogens (primary N) is 1. The molecule has 0 spiro atoms. The summed E-state index contributed by atoms with van der Waals surface area (Å²) in [7, 11) is 0. The minimum Gasteiger partial charge on any atom is -0.339 e. The second kappa shape index (κ2) is 6.48. The Kier molecular flexibility index (Phi) is 4.93. The average Bonchev–Trinajstić information content (AvgIpc) is 2.78. The molecule has 0 bridgehead atoms. The van der Waals surface area contributed by atoms with E-state index in [4.69, 9.17) is 10.3 Å². The summed E-state index contributed by atoms with van der Waals surface area (Å²) >= 11 is 0. The minimum absolute atomic E-state index is 0.350. The maximum Gasteiger partial charge on any atom is 0.226 e. The molecule has 5 nitrogen and oxygen atoms in total. The molecule has 0 aromatic carbocycles. The SMILES string of the molecule is CCC1CN(Cc2noc(CC(C)C)n2)CCC1N. The van der Waals surface area contributed by atoms with Crippen LogP contribution in [-0.2, 0) is 13.0 Å². The van der Waals surface area contributed by atoms with Crippen LogP contribution in [0, 0.1) is 11.8 Å². The highest BCUT2D eigenvalue weighted by Gasteiger charge is 2.26. The highest BCUT2D eigenvalue weighted by Crippen LogP contribution is 2.19. The number of nitrogens with zero attached hydrogens (tertiary/aromatic N) is 3. The summed E-state index contributed by atoms with van der Waals surface area (Å²) in [6, 6.07) is 0.350. The molecule has 1 aliphatic rings. The maximum atomic E-state index is 6.13. The first kappa shape index (κ1) is 14.5. The Bertz CT molecular complexity index is 391. The van der Waals surface area contributed by atoms with Crippen molar-refractivity contribution in [2.75, 3.05) is 13.1 Å². The van der Waals surface area contributed by atoms with Crippen LogP contribution in [0.4, 0.5) is 0 Å². The third kappa shape index (κ3) is 4.01. The van der Waals surface area contributed by atoms with Crippen molar-refractivity contribution in [2.24, 2.45) is 17.6 Å². The zero-order valence-corrected chi connectivity index (χ0v) is 12.3. The van der Waals surface area contributed by atoms with Gasteiger partial charge in [0.2, 0.25) is 5.89 Å². The van der Waals surface area contributed by atoms with Gasteiger partial charge in [0.05, 0.1) is 6.54 Å². The molecule has 2 heterocycles. The predicted molar refractivity (Wildman–Crippen MR) is 74.5 cm³/mol. The molecule has 108 valence electrons. The predicted octanol–water partition coefficient (Wildman–Crippen LogP) is 1.83. The lowest BCUT2D eigenvalue weighted by Gasteiger charge is -2.35. The van der Waals surface area contributed by atoms with Crippen LogP contribution in [0.3, 0.4) is 0 Å². The maximum absolute atomic E-state index is 6.13. The van der Waals surface area contributed by atoms with E-state index >= 15 is 0 Å². The van der Waals surface area contributed by atoms with Gasteiger partial charge in [0.15, 0.2) is 5.82 Å². The van der Waals surface area contributed by atoms with Gasteiger partial charge in [-0.15, -0.1) is 0 Å². The summed E-state index contributed by atoms with van der Waals surface area (Å²) in [4.78, 5) is 6.85. The molecular formula is C14H26N4O. The second-order valence-corrected chi connectivity index (χ2v) is 6.06. The van der Waals surface area contributed by atoms with Gasteiger partial charge in [-0.3, -0.25) is 4.90 Å². The third-order valence-electron chi connectivity index (χ3n) is 3.86. The normalized spacial score (nSPS) is 25.1. The second-order valence-electron chi connectivity index (χ2n) is 6.06. The molecule has 1 saturated heterocycles. The first-order valence-electron chi connectivity index (χ1n) is 7.37. The number of hydrogen-bond donors (Lipinski definition) is 1. The standard InChI is InChI=1S/C14H26N4O/c1-4-11-8-18(6-5-12(11)15)9-13-16-14(19-17-13)7-10(2)3/h10-12H,4-9,15H2,1-3H3. The van der Waals surface area contributed by atoms with Gasteiger partial charge in [-0.05, 0) is 18.3 Å². The van der Waals surface area contributed by atoms with Crippen molar-refractivity contribution in [2.45, 2.75) is 52.6 Å². The van der Waals surface area contributed by atoms with E-state index in [0.717, 1.165) is 50.6 Å². The molecule has 0 saturated carbocycles. The molecule has 19 heavy (non-hydrogen) atoms. The average molecular weight is 266 g/mol. The molecule has 2 rings (SSSR count). The Morgan fingerprint density at radius 1 is 1.47 bits per heavy atom. The number of aromatic nitrogens is 2. The third-order valence-corrected chi connectivity index (χ3v) is 3.86. The lowest BCUT2D eigenvalue weighted by atomic mass is 9.91. The zero-order chi connectivity index (χ0) is 13.8. The van der Waals surface area contributed by atoms with Crippen LogP contribution in [0.5, 0.6) is 0 Å². The van der Waals surface area contributed by atoms with Crippen LogP contribution >= 0.6 is 0 Å². The van der Waals surface area contributed by atoms with E-state index in [2.05, 4.69) is 35.8 Å². The van der Waals surface area contributed by atoms with E-state index in [1.165, 1.54) is 0 Å². The Hall–Kier alpha value is -0.940. The van der Waals surface area contributed by atoms with Crippen molar-refractivity contribution in [3.8, 4) is 0 Å². The number of hydrogen-bond acceptors (Lipinski definition) is 5. The van der Waals surface area contributed by atoms with E-state index in [-0.39, 0.29) is 0 Å². The van der Waals surface area contributed by atoms with Crippen LogP contribution in [0.1, 0.15) is 45.3 Å². The van der Waals surface area contributed by atoms with Gasteiger partial charge in [0.1, 0.15) is 0 Å². The van der Waals surface area contributed by atoms with Crippen LogP contribution < -0.4 is 5.73 Å². The molecule has 5 heteroatoms. The van der Waals surface area contributed by atoms with Gasteiger partial charge in [0, 0.05) is 25.6 Å². The Labute approximate surface area is 115 Å². The Morgan fingerprint density at radius 2 is 2.26 bits per heavy atom. The summed E-state index contributed by atoms with van der Waals surface area (Å²) in [5.41, 5.74) is 6.13. The molecule has 2 N–H and O–H groups in total. The lowest BCUT2D eigenvalue weighted by molar-refractivity contribution is 0.141. The van der Waals surface area contributed by atoms with Gasteiger partial charge in [0.25, 0.3) is 0 Å². The first-order chi connectivity index (χ1) is 9.08. The van der Waals surface area contributed by atoms with Crippen LogP contribution in [0.15, 0.2) is 4.52 Å². The number of likely N-dealkylation sites (tertiary alicyclic amines) is 1. The highest BCUT2D eigenvalue weighted by molar-refractivity contribution is 4.90. The monoisotopic (exact) mass is 266 g/mol. The van der Waals surface area contributed by atoms with Gasteiger partial charge in [-0.1, -0.05) is 32.3 Å². The molecule has 0 aliphatic carbocycles. The fourth-order valence-corrected chi connectivity index (χ4v) is 2.69. The van der Waals surface area contributed by atoms with Crippen LogP contribution in [0.25, 0.3) is 0 Å². The molecule has 1 aliphatic heterocycles. The molecular weight excluding hydrogens is 240 g/mol. The van der Waals surface area contributed by atoms with Gasteiger partial charge in [-0.25, -0.2) is 0 Å². The van der Waals surface area contributed by atoms with Crippen LogP contribution in [-0.4, -0.2) is 34.2 Å². The van der Waals surface area contributed by atoms with Gasteiger partial charge >= 0.3 is 0 Å². The van der Waals surface area contributed by atoms with Crippen molar-refractivity contribution in [3.05, 3.63) is 11.7 Å². The van der Waals surface area contributed by atoms with Crippen molar-refractivity contribution >= 4 is 0 Å². The van der Waals surface area contributed by atoms with E-state index in [0.29, 0.717) is 17.9 Å². The highest BCUT2D eigenvalue weighted by atomic mass is 16.5. The topological polar surface area (TPSA) is 68.2 Å². The Balaban J connectivity index is 1.88. The number of piperidine rings is 1. The van der Waals surface area contributed by atoms with E-state index in [1.54, 1.807) is 0 Å². The minimum atomic E-state index is 0.350. The largest absolute Gasteiger partial charge is 0.339 e. The summed E-state index contributed by atoms with van der Waals surface area (Å²) < 4.78 is 5.28. The Morgan fingerprint density at radius 3 is 2.95 bits per heavy atom. The number of rotatable bonds is 5. The first-order valence-corrected chi connectivity index (χ1v) is 7.37. The smallest absolute Gasteiger partial charge is 0.226 e. The molecule has 2 atom stereocenters. The van der Waals surface area contributed by atoms with E-state index in [9.17, 15) is 0 Å². The van der Waals surface area contributed by atoms with Crippen molar-refractivity contribution < 1.29 is 4.52 Å². The zero-order valence-electron chi connectivity index (χ0n) is 12.3.